The molecule has 0 saturated heterocycles. The van der Waals surface area contributed by atoms with Crippen molar-refractivity contribution in [2.75, 3.05) is 6.54 Å². The van der Waals surface area contributed by atoms with Crippen molar-refractivity contribution < 1.29 is 8.78 Å². The summed E-state index contributed by atoms with van der Waals surface area (Å²) < 4.78 is 27.2. The Hall–Kier alpha value is -1.26. The third-order valence-electron chi connectivity index (χ3n) is 2.84. The summed E-state index contributed by atoms with van der Waals surface area (Å²) >= 11 is 1.56. The molecule has 0 amide bonds. The lowest BCUT2D eigenvalue weighted by Gasteiger charge is -2.19. The van der Waals surface area contributed by atoms with Crippen molar-refractivity contribution in [1.29, 1.82) is 0 Å². The van der Waals surface area contributed by atoms with Gasteiger partial charge in [-0.05, 0) is 48.7 Å². The molecular weight excluding hydrogens is 252 g/mol. The molecule has 2 rings (SSSR count). The van der Waals surface area contributed by atoms with Crippen LogP contribution in [-0.4, -0.2) is 6.54 Å². The van der Waals surface area contributed by atoms with E-state index in [0.717, 1.165) is 16.5 Å². The van der Waals surface area contributed by atoms with E-state index in [4.69, 9.17) is 0 Å². The van der Waals surface area contributed by atoms with E-state index in [1.807, 2.05) is 25.3 Å². The predicted molar refractivity (Wildman–Crippen MR) is 70.9 cm³/mol. The summed E-state index contributed by atoms with van der Waals surface area (Å²) in [6.07, 6.45) is 0. The van der Waals surface area contributed by atoms with Crippen molar-refractivity contribution >= 4 is 11.3 Å². The zero-order chi connectivity index (χ0) is 13.1. The molecule has 1 aromatic heterocycles. The highest BCUT2D eigenvalue weighted by molar-refractivity contribution is 7.10. The van der Waals surface area contributed by atoms with Gasteiger partial charge in [-0.15, -0.1) is 11.3 Å². The molecule has 0 radical (unpaired) electrons. The topological polar surface area (TPSA) is 12.0 Å². The molecule has 0 aliphatic heterocycles. The molecular formula is C14H15F2NS. The van der Waals surface area contributed by atoms with Gasteiger partial charge in [0.1, 0.15) is 11.6 Å². The number of benzene rings is 1. The summed E-state index contributed by atoms with van der Waals surface area (Å²) in [5, 5.41) is 5.18. The van der Waals surface area contributed by atoms with E-state index in [1.54, 1.807) is 11.3 Å². The van der Waals surface area contributed by atoms with E-state index in [9.17, 15) is 8.78 Å². The van der Waals surface area contributed by atoms with E-state index in [0.29, 0.717) is 12.1 Å². The quantitative estimate of drug-likeness (QED) is 0.881. The molecule has 0 spiro atoms. The lowest BCUT2D eigenvalue weighted by molar-refractivity contribution is 0.547. The van der Waals surface area contributed by atoms with Crippen LogP contribution < -0.4 is 5.32 Å². The molecule has 0 aliphatic carbocycles. The second-order valence-electron chi connectivity index (χ2n) is 4.12. The average molecular weight is 267 g/mol. The van der Waals surface area contributed by atoms with Crippen molar-refractivity contribution in [3.63, 3.8) is 0 Å². The summed E-state index contributed by atoms with van der Waals surface area (Å²) in [4.78, 5) is 1.03. The fourth-order valence-electron chi connectivity index (χ4n) is 1.96. The molecule has 96 valence electrons. The van der Waals surface area contributed by atoms with E-state index in [2.05, 4.69) is 5.32 Å². The van der Waals surface area contributed by atoms with Gasteiger partial charge in [0.2, 0.25) is 0 Å². The largest absolute Gasteiger partial charge is 0.306 e. The number of hydrogen-bond donors (Lipinski definition) is 1. The van der Waals surface area contributed by atoms with Gasteiger partial charge in [0, 0.05) is 10.4 Å². The average Bonchev–Trinajstić information content (AvgIpc) is 2.76. The molecule has 0 saturated carbocycles. The molecule has 1 atom stereocenters. The summed E-state index contributed by atoms with van der Waals surface area (Å²) in [5.74, 6) is -0.793. The van der Waals surface area contributed by atoms with Crippen LogP contribution in [0.5, 0.6) is 0 Å². The molecule has 0 aliphatic rings. The highest BCUT2D eigenvalue weighted by Crippen LogP contribution is 2.31. The molecule has 1 nitrogen and oxygen atoms in total. The lowest BCUT2D eigenvalue weighted by Crippen LogP contribution is -2.23. The lowest BCUT2D eigenvalue weighted by atomic mass is 10.0. The molecule has 1 unspecified atom stereocenters. The Bertz CT molecular complexity index is 536. The van der Waals surface area contributed by atoms with Crippen molar-refractivity contribution in [3.05, 3.63) is 57.3 Å². The normalized spacial score (nSPS) is 12.7. The molecule has 2 aromatic rings. The number of nitrogens with one attached hydrogen (secondary N) is 1. The highest BCUT2D eigenvalue weighted by Gasteiger charge is 2.20. The second kappa shape index (κ2) is 5.59. The van der Waals surface area contributed by atoms with E-state index in [1.165, 1.54) is 12.1 Å². The fraction of sp³-hybridized carbons (Fsp3) is 0.286. The standard InChI is InChI=1S/C14H15F2NS/c1-3-17-13(14-9(2)6-7-18-14)11-8-10(15)4-5-12(11)16/h4-8,13,17H,3H2,1-2H3. The van der Waals surface area contributed by atoms with Gasteiger partial charge in [-0.3, -0.25) is 0 Å². The van der Waals surface area contributed by atoms with Gasteiger partial charge in [-0.1, -0.05) is 6.92 Å². The van der Waals surface area contributed by atoms with Crippen LogP contribution in [0.1, 0.15) is 29.0 Å². The summed E-state index contributed by atoms with van der Waals surface area (Å²) in [6.45, 7) is 4.62. The van der Waals surface area contributed by atoms with Gasteiger partial charge < -0.3 is 5.32 Å². The van der Waals surface area contributed by atoms with Gasteiger partial charge in [0.25, 0.3) is 0 Å². The highest BCUT2D eigenvalue weighted by atomic mass is 32.1. The van der Waals surface area contributed by atoms with Gasteiger partial charge >= 0.3 is 0 Å². The number of hydrogen-bond acceptors (Lipinski definition) is 2. The fourth-order valence-corrected chi connectivity index (χ4v) is 2.98. The summed E-state index contributed by atoms with van der Waals surface area (Å²) in [5.41, 5.74) is 1.46. The van der Waals surface area contributed by atoms with E-state index in [-0.39, 0.29) is 11.9 Å². The van der Waals surface area contributed by atoms with Gasteiger partial charge in [-0.2, -0.15) is 0 Å². The smallest absolute Gasteiger partial charge is 0.128 e. The van der Waals surface area contributed by atoms with Crippen molar-refractivity contribution in [1.82, 2.24) is 5.32 Å². The molecule has 1 N–H and O–H groups in total. The van der Waals surface area contributed by atoms with Crippen LogP contribution >= 0.6 is 11.3 Å². The van der Waals surface area contributed by atoms with Gasteiger partial charge in [-0.25, -0.2) is 8.78 Å². The first kappa shape index (κ1) is 13.2. The zero-order valence-corrected chi connectivity index (χ0v) is 11.2. The Kier molecular flexibility index (Phi) is 4.09. The first-order valence-corrected chi connectivity index (χ1v) is 6.73. The van der Waals surface area contributed by atoms with Crippen LogP contribution in [0.15, 0.2) is 29.6 Å². The van der Waals surface area contributed by atoms with E-state index < -0.39 is 5.82 Å². The number of thiophene rings is 1. The van der Waals surface area contributed by atoms with Crippen LogP contribution in [-0.2, 0) is 0 Å². The zero-order valence-electron chi connectivity index (χ0n) is 10.3. The summed E-state index contributed by atoms with van der Waals surface area (Å²) in [6, 6.07) is 5.29. The Morgan fingerprint density at radius 3 is 2.67 bits per heavy atom. The predicted octanol–water partition coefficient (Wildman–Crippen LogP) is 4.03. The van der Waals surface area contributed by atoms with Crippen LogP contribution in [0.25, 0.3) is 0 Å². The van der Waals surface area contributed by atoms with Crippen molar-refractivity contribution in [3.8, 4) is 0 Å². The van der Waals surface area contributed by atoms with Crippen LogP contribution in [0.4, 0.5) is 8.78 Å². The molecule has 0 bridgehead atoms. The minimum absolute atomic E-state index is 0.286. The summed E-state index contributed by atoms with van der Waals surface area (Å²) in [7, 11) is 0. The number of aryl methyl sites for hydroxylation is 1. The molecule has 4 heteroatoms. The number of rotatable bonds is 4. The van der Waals surface area contributed by atoms with Crippen LogP contribution in [0.3, 0.4) is 0 Å². The van der Waals surface area contributed by atoms with Gasteiger partial charge in [0.05, 0.1) is 6.04 Å². The van der Waals surface area contributed by atoms with Crippen LogP contribution in [0, 0.1) is 18.6 Å². The molecule has 0 fully saturated rings. The number of halogens is 2. The Labute approximate surface area is 109 Å². The Balaban J connectivity index is 2.48. The maximum atomic E-state index is 13.9. The van der Waals surface area contributed by atoms with E-state index >= 15 is 0 Å². The van der Waals surface area contributed by atoms with Gasteiger partial charge in [0.15, 0.2) is 0 Å². The Morgan fingerprint density at radius 1 is 1.28 bits per heavy atom. The monoisotopic (exact) mass is 267 g/mol. The minimum Gasteiger partial charge on any atom is -0.306 e. The molecule has 18 heavy (non-hydrogen) atoms. The van der Waals surface area contributed by atoms with Crippen molar-refractivity contribution in [2.45, 2.75) is 19.9 Å². The third-order valence-corrected chi connectivity index (χ3v) is 3.92. The maximum Gasteiger partial charge on any atom is 0.128 e. The first-order valence-electron chi connectivity index (χ1n) is 5.85. The SMILES string of the molecule is CCNC(c1cc(F)ccc1F)c1sccc1C. The van der Waals surface area contributed by atoms with Crippen LogP contribution in [0.2, 0.25) is 0 Å². The van der Waals surface area contributed by atoms with Crippen molar-refractivity contribution in [2.24, 2.45) is 0 Å². The maximum absolute atomic E-state index is 13.9. The minimum atomic E-state index is -0.413. The molecule has 1 aromatic carbocycles. The third kappa shape index (κ3) is 2.60. The molecule has 1 heterocycles. The Morgan fingerprint density at radius 2 is 2.06 bits per heavy atom. The second-order valence-corrected chi connectivity index (χ2v) is 5.07. The first-order chi connectivity index (χ1) is 8.63.